The lowest BCUT2D eigenvalue weighted by molar-refractivity contribution is -0.169. The number of fused-ring (bicyclic) bond motifs is 5. The van der Waals surface area contributed by atoms with Crippen molar-refractivity contribution in [3.8, 4) is 0 Å². The molecule has 4 aliphatic rings. The monoisotopic (exact) mass is 482 g/mol. The van der Waals surface area contributed by atoms with Crippen LogP contribution in [0.1, 0.15) is 98.8 Å². The smallest absolute Gasteiger partial charge is 0.0701 e. The standard InChI is InChI=1S/C27H47BrO2/c1-16(2)7-6-8-17(3)19-9-10-20-23-21(12-14-26(19,20)4)27(5)13-11-18(29)15-22(27)24(28)25(23)30/h16-25,29-30H,6-15H2,1-5H3/t17-,18+,19+,20-,21+,22-,23-,24-,25+,26-,27+/m1/s1. The first-order chi connectivity index (χ1) is 14.1. The van der Waals surface area contributed by atoms with Crippen LogP contribution in [0.2, 0.25) is 0 Å². The van der Waals surface area contributed by atoms with Crippen molar-refractivity contribution < 1.29 is 10.2 Å². The Kier molecular flexibility index (Phi) is 6.78. The average molecular weight is 484 g/mol. The Morgan fingerprint density at radius 1 is 0.867 bits per heavy atom. The van der Waals surface area contributed by atoms with Crippen LogP contribution in [0.25, 0.3) is 0 Å². The van der Waals surface area contributed by atoms with E-state index in [9.17, 15) is 10.2 Å². The van der Waals surface area contributed by atoms with Crippen LogP contribution in [-0.2, 0) is 0 Å². The van der Waals surface area contributed by atoms with Gasteiger partial charge in [-0.05, 0) is 97.2 Å². The summed E-state index contributed by atoms with van der Waals surface area (Å²) in [6, 6.07) is 0. The van der Waals surface area contributed by atoms with Gasteiger partial charge in [-0.3, -0.25) is 0 Å². The van der Waals surface area contributed by atoms with E-state index in [-0.39, 0.29) is 22.5 Å². The quantitative estimate of drug-likeness (QED) is 0.422. The predicted molar refractivity (Wildman–Crippen MR) is 129 cm³/mol. The molecule has 0 aromatic carbocycles. The number of aliphatic hydroxyl groups excluding tert-OH is 2. The van der Waals surface area contributed by atoms with Gasteiger partial charge in [-0.25, -0.2) is 0 Å². The molecule has 0 aliphatic heterocycles. The molecule has 0 unspecified atom stereocenters. The Bertz CT molecular complexity index is 608. The Morgan fingerprint density at radius 2 is 1.53 bits per heavy atom. The van der Waals surface area contributed by atoms with E-state index in [2.05, 4.69) is 50.5 Å². The van der Waals surface area contributed by atoms with E-state index >= 15 is 0 Å². The molecule has 11 atom stereocenters. The second kappa shape index (κ2) is 8.64. The van der Waals surface area contributed by atoms with Crippen LogP contribution in [0.3, 0.4) is 0 Å². The Hall–Kier alpha value is 0.400. The van der Waals surface area contributed by atoms with E-state index in [0.717, 1.165) is 37.0 Å². The van der Waals surface area contributed by atoms with E-state index in [4.69, 9.17) is 0 Å². The van der Waals surface area contributed by atoms with Gasteiger partial charge < -0.3 is 10.2 Å². The maximum atomic E-state index is 11.6. The molecule has 0 aromatic heterocycles. The molecular weight excluding hydrogens is 436 g/mol. The normalized spacial score (nSPS) is 51.9. The summed E-state index contributed by atoms with van der Waals surface area (Å²) in [5.74, 6) is 4.61. The molecule has 0 saturated heterocycles. The number of hydrogen-bond donors (Lipinski definition) is 2. The van der Waals surface area contributed by atoms with Gasteiger partial charge in [-0.15, -0.1) is 0 Å². The third-order valence-corrected chi connectivity index (χ3v) is 12.1. The van der Waals surface area contributed by atoms with Gasteiger partial charge in [0.1, 0.15) is 0 Å². The molecule has 0 heterocycles. The first kappa shape index (κ1) is 23.6. The molecule has 0 amide bonds. The molecule has 0 aromatic rings. The van der Waals surface area contributed by atoms with Gasteiger partial charge in [0.25, 0.3) is 0 Å². The summed E-state index contributed by atoms with van der Waals surface area (Å²) in [5, 5.41) is 21.9. The van der Waals surface area contributed by atoms with Crippen LogP contribution in [0.15, 0.2) is 0 Å². The van der Waals surface area contributed by atoms with Gasteiger partial charge in [0.2, 0.25) is 0 Å². The Morgan fingerprint density at radius 3 is 2.23 bits per heavy atom. The summed E-state index contributed by atoms with van der Waals surface area (Å²) in [6.45, 7) is 12.3. The summed E-state index contributed by atoms with van der Waals surface area (Å²) in [5.41, 5.74) is 0.684. The first-order valence-electron chi connectivity index (χ1n) is 13.1. The van der Waals surface area contributed by atoms with Crippen LogP contribution in [-0.4, -0.2) is 27.2 Å². The second-order valence-corrected chi connectivity index (χ2v) is 13.9. The summed E-state index contributed by atoms with van der Waals surface area (Å²) >= 11 is 3.97. The van der Waals surface area contributed by atoms with Crippen LogP contribution in [0.4, 0.5) is 0 Å². The molecule has 30 heavy (non-hydrogen) atoms. The molecule has 2 N–H and O–H groups in total. The summed E-state index contributed by atoms with van der Waals surface area (Å²) < 4.78 is 0. The maximum absolute atomic E-state index is 11.6. The SMILES string of the molecule is CC(C)CCC[C@@H](C)[C@@H]1CC[C@@H]2[C@H]3[C@H](O)[C@H](Br)[C@H]4C[C@@H](O)CC[C@@]4(C)[C@H]3CC[C@@]21C. The van der Waals surface area contributed by atoms with Crippen molar-refractivity contribution in [2.24, 2.45) is 52.3 Å². The molecule has 4 saturated carbocycles. The highest BCUT2D eigenvalue weighted by atomic mass is 79.9. The Labute approximate surface area is 194 Å². The van der Waals surface area contributed by atoms with E-state index in [1.807, 2.05) is 0 Å². The van der Waals surface area contributed by atoms with Gasteiger partial charge in [-0.2, -0.15) is 0 Å². The lowest BCUT2D eigenvalue weighted by atomic mass is 9.43. The lowest BCUT2D eigenvalue weighted by Gasteiger charge is -2.63. The fourth-order valence-corrected chi connectivity index (χ4v) is 10.4. The molecule has 0 bridgehead atoms. The van der Waals surface area contributed by atoms with Crippen LogP contribution in [0, 0.1) is 52.3 Å². The number of hydrogen-bond acceptors (Lipinski definition) is 2. The lowest BCUT2D eigenvalue weighted by Crippen LogP contribution is -2.62. The molecule has 2 nitrogen and oxygen atoms in total. The van der Waals surface area contributed by atoms with Crippen molar-refractivity contribution in [3.05, 3.63) is 0 Å². The van der Waals surface area contributed by atoms with Gasteiger partial charge in [0.15, 0.2) is 0 Å². The highest BCUT2D eigenvalue weighted by Gasteiger charge is 2.64. The van der Waals surface area contributed by atoms with E-state index in [1.54, 1.807) is 0 Å². The predicted octanol–water partition coefficient (Wildman–Crippen LogP) is 6.81. The van der Waals surface area contributed by atoms with Crippen LogP contribution < -0.4 is 0 Å². The first-order valence-corrected chi connectivity index (χ1v) is 14.0. The number of halogens is 1. The van der Waals surface area contributed by atoms with Crippen LogP contribution >= 0.6 is 15.9 Å². The summed E-state index contributed by atoms with van der Waals surface area (Å²) in [6.07, 6.45) is 11.9. The zero-order valence-electron chi connectivity index (χ0n) is 20.1. The zero-order valence-corrected chi connectivity index (χ0v) is 21.7. The molecule has 174 valence electrons. The maximum Gasteiger partial charge on any atom is 0.0701 e. The molecule has 3 heteroatoms. The van der Waals surface area contributed by atoms with E-state index in [0.29, 0.717) is 29.1 Å². The van der Waals surface area contributed by atoms with E-state index in [1.165, 1.54) is 44.9 Å². The highest BCUT2D eigenvalue weighted by molar-refractivity contribution is 9.09. The minimum Gasteiger partial charge on any atom is -0.393 e. The van der Waals surface area contributed by atoms with Crippen molar-refractivity contribution in [2.45, 2.75) is 116 Å². The van der Waals surface area contributed by atoms with Gasteiger partial charge in [0.05, 0.1) is 12.2 Å². The largest absolute Gasteiger partial charge is 0.393 e. The van der Waals surface area contributed by atoms with Gasteiger partial charge >= 0.3 is 0 Å². The van der Waals surface area contributed by atoms with Gasteiger partial charge in [0, 0.05) is 4.83 Å². The summed E-state index contributed by atoms with van der Waals surface area (Å²) in [7, 11) is 0. The fourth-order valence-electron chi connectivity index (χ4n) is 9.21. The third-order valence-electron chi connectivity index (χ3n) is 10.9. The molecule has 0 spiro atoms. The molecule has 4 rings (SSSR count). The minimum atomic E-state index is -0.252. The number of alkyl halides is 1. The summed E-state index contributed by atoms with van der Waals surface area (Å²) in [4.78, 5) is 0.142. The zero-order chi connectivity index (χ0) is 21.8. The highest BCUT2D eigenvalue weighted by Crippen LogP contribution is 2.69. The molecule has 4 aliphatic carbocycles. The Balaban J connectivity index is 1.54. The van der Waals surface area contributed by atoms with Crippen molar-refractivity contribution in [3.63, 3.8) is 0 Å². The molecular formula is C27H47BrO2. The van der Waals surface area contributed by atoms with Crippen molar-refractivity contribution >= 4 is 15.9 Å². The second-order valence-electron chi connectivity index (χ2n) is 12.8. The average Bonchev–Trinajstić information content (AvgIpc) is 3.04. The van der Waals surface area contributed by atoms with E-state index < -0.39 is 0 Å². The van der Waals surface area contributed by atoms with Crippen molar-refractivity contribution in [1.29, 1.82) is 0 Å². The molecule has 0 radical (unpaired) electrons. The number of aliphatic hydroxyl groups is 2. The third kappa shape index (κ3) is 3.75. The molecule has 4 fully saturated rings. The van der Waals surface area contributed by atoms with Crippen LogP contribution in [0.5, 0.6) is 0 Å². The minimum absolute atomic E-state index is 0.142. The van der Waals surface area contributed by atoms with Crippen molar-refractivity contribution in [1.82, 2.24) is 0 Å². The van der Waals surface area contributed by atoms with Gasteiger partial charge in [-0.1, -0.05) is 69.8 Å². The van der Waals surface area contributed by atoms with Crippen molar-refractivity contribution in [2.75, 3.05) is 0 Å². The fraction of sp³-hybridized carbons (Fsp3) is 1.00. The number of rotatable bonds is 5. The topological polar surface area (TPSA) is 40.5 Å².